The van der Waals surface area contributed by atoms with Crippen molar-refractivity contribution in [3.8, 4) is 0 Å². The number of rotatable bonds is 3. The van der Waals surface area contributed by atoms with Crippen LogP contribution in [0.3, 0.4) is 0 Å². The number of aliphatic carboxylic acids is 1. The highest BCUT2D eigenvalue weighted by molar-refractivity contribution is 5.94. The topological polar surface area (TPSA) is 79.3 Å². The highest BCUT2D eigenvalue weighted by atomic mass is 16.4. The first-order chi connectivity index (χ1) is 9.18. The predicted octanol–water partition coefficient (Wildman–Crippen LogP) is 1.84. The van der Waals surface area contributed by atoms with Crippen LogP contribution in [-0.2, 0) is 4.79 Å². The van der Waals surface area contributed by atoms with Gasteiger partial charge in [0, 0.05) is 18.4 Å². The highest BCUT2D eigenvalue weighted by Crippen LogP contribution is 2.24. The molecule has 1 heterocycles. The molecule has 1 aromatic rings. The average molecular weight is 262 g/mol. The van der Waals surface area contributed by atoms with Gasteiger partial charge in [-0.25, -0.2) is 0 Å². The second kappa shape index (κ2) is 6.31. The van der Waals surface area contributed by atoms with Crippen molar-refractivity contribution in [2.75, 3.05) is 0 Å². The van der Waals surface area contributed by atoms with Crippen LogP contribution in [0, 0.1) is 5.92 Å². The molecule has 0 radical (unpaired) electrons. The Hall–Kier alpha value is -1.91. The standard InChI is InChI=1S/C14H18N2O3/c17-13(10-5-4-8-15-9-10)16-12-7-3-1-2-6-11(12)14(18)19/h4-5,8-9,11-12H,1-3,6-7H2,(H,16,17)(H,18,19). The quantitative estimate of drug-likeness (QED) is 0.815. The number of aromatic nitrogens is 1. The third-order valence-electron chi connectivity index (χ3n) is 3.57. The van der Waals surface area contributed by atoms with Gasteiger partial charge in [-0.3, -0.25) is 14.6 Å². The zero-order valence-corrected chi connectivity index (χ0v) is 10.7. The molecule has 1 aliphatic carbocycles. The third-order valence-corrected chi connectivity index (χ3v) is 3.57. The molecule has 2 rings (SSSR count). The van der Waals surface area contributed by atoms with Crippen molar-refractivity contribution >= 4 is 11.9 Å². The summed E-state index contributed by atoms with van der Waals surface area (Å²) in [5, 5.41) is 12.1. The summed E-state index contributed by atoms with van der Waals surface area (Å²) < 4.78 is 0. The van der Waals surface area contributed by atoms with Crippen molar-refractivity contribution in [2.45, 2.75) is 38.1 Å². The molecule has 19 heavy (non-hydrogen) atoms. The van der Waals surface area contributed by atoms with Crippen LogP contribution >= 0.6 is 0 Å². The minimum Gasteiger partial charge on any atom is -0.481 e. The van der Waals surface area contributed by atoms with Crippen molar-refractivity contribution in [3.63, 3.8) is 0 Å². The van der Waals surface area contributed by atoms with E-state index >= 15 is 0 Å². The molecule has 0 aromatic carbocycles. The molecule has 0 aliphatic heterocycles. The number of nitrogens with zero attached hydrogens (tertiary/aromatic N) is 1. The van der Waals surface area contributed by atoms with Crippen LogP contribution in [0.25, 0.3) is 0 Å². The van der Waals surface area contributed by atoms with E-state index in [1.165, 1.54) is 6.20 Å². The fourth-order valence-corrected chi connectivity index (χ4v) is 2.52. The minimum absolute atomic E-state index is 0.244. The van der Waals surface area contributed by atoms with Gasteiger partial charge in [0.1, 0.15) is 0 Å². The van der Waals surface area contributed by atoms with Crippen LogP contribution in [0.4, 0.5) is 0 Å². The van der Waals surface area contributed by atoms with E-state index in [4.69, 9.17) is 0 Å². The van der Waals surface area contributed by atoms with Crippen molar-refractivity contribution in [3.05, 3.63) is 30.1 Å². The summed E-state index contributed by atoms with van der Waals surface area (Å²) in [6.45, 7) is 0. The predicted molar refractivity (Wildman–Crippen MR) is 69.7 cm³/mol. The summed E-state index contributed by atoms with van der Waals surface area (Å²) in [7, 11) is 0. The van der Waals surface area contributed by atoms with Crippen molar-refractivity contribution in [1.29, 1.82) is 0 Å². The van der Waals surface area contributed by atoms with Crippen LogP contribution in [0.1, 0.15) is 42.5 Å². The second-order valence-corrected chi connectivity index (χ2v) is 4.90. The Morgan fingerprint density at radius 1 is 1.26 bits per heavy atom. The first-order valence-electron chi connectivity index (χ1n) is 6.62. The Kier molecular flexibility index (Phi) is 4.49. The summed E-state index contributed by atoms with van der Waals surface area (Å²) in [5.41, 5.74) is 0.468. The van der Waals surface area contributed by atoms with Gasteiger partial charge < -0.3 is 10.4 Å². The van der Waals surface area contributed by atoms with E-state index in [-0.39, 0.29) is 11.9 Å². The summed E-state index contributed by atoms with van der Waals surface area (Å²) in [4.78, 5) is 27.2. The van der Waals surface area contributed by atoms with Crippen LogP contribution < -0.4 is 5.32 Å². The molecule has 0 spiro atoms. The summed E-state index contributed by atoms with van der Waals surface area (Å²) in [5.74, 6) is -1.55. The number of hydrogen-bond donors (Lipinski definition) is 2. The lowest BCUT2D eigenvalue weighted by molar-refractivity contribution is -0.142. The van der Waals surface area contributed by atoms with Crippen LogP contribution in [-0.4, -0.2) is 28.0 Å². The number of nitrogens with one attached hydrogen (secondary N) is 1. The molecule has 102 valence electrons. The molecule has 1 fully saturated rings. The van der Waals surface area contributed by atoms with Gasteiger partial charge in [-0.2, -0.15) is 0 Å². The van der Waals surface area contributed by atoms with E-state index in [2.05, 4.69) is 10.3 Å². The number of carboxylic acids is 1. The molecule has 2 N–H and O–H groups in total. The average Bonchev–Trinajstić information content (AvgIpc) is 2.65. The number of hydrogen-bond acceptors (Lipinski definition) is 3. The number of amides is 1. The Balaban J connectivity index is 2.06. The van der Waals surface area contributed by atoms with Gasteiger partial charge in [-0.1, -0.05) is 19.3 Å². The number of carboxylic acid groups (broad SMARTS) is 1. The van der Waals surface area contributed by atoms with Gasteiger partial charge >= 0.3 is 5.97 Å². The van der Waals surface area contributed by atoms with E-state index in [9.17, 15) is 14.7 Å². The van der Waals surface area contributed by atoms with Crippen molar-refractivity contribution in [2.24, 2.45) is 5.92 Å². The van der Waals surface area contributed by atoms with Crippen molar-refractivity contribution < 1.29 is 14.7 Å². The van der Waals surface area contributed by atoms with Crippen LogP contribution in [0.15, 0.2) is 24.5 Å². The van der Waals surface area contributed by atoms with E-state index in [0.29, 0.717) is 12.0 Å². The number of carbonyl (C=O) groups is 2. The Morgan fingerprint density at radius 3 is 2.74 bits per heavy atom. The van der Waals surface area contributed by atoms with Gasteiger partial charge in [-0.15, -0.1) is 0 Å². The molecule has 1 amide bonds. The summed E-state index contributed by atoms with van der Waals surface area (Å²) in [6.07, 6.45) is 7.35. The first kappa shape index (κ1) is 13.5. The van der Waals surface area contributed by atoms with Gasteiger partial charge in [-0.05, 0) is 25.0 Å². The van der Waals surface area contributed by atoms with E-state index < -0.39 is 11.9 Å². The van der Waals surface area contributed by atoms with Gasteiger partial charge in [0.15, 0.2) is 0 Å². The molecule has 5 nitrogen and oxygen atoms in total. The zero-order valence-electron chi connectivity index (χ0n) is 10.7. The number of pyridine rings is 1. The van der Waals surface area contributed by atoms with Gasteiger partial charge in [0.25, 0.3) is 5.91 Å². The largest absolute Gasteiger partial charge is 0.481 e. The Labute approximate surface area is 112 Å². The first-order valence-corrected chi connectivity index (χ1v) is 6.62. The molecular weight excluding hydrogens is 244 g/mol. The fraction of sp³-hybridized carbons (Fsp3) is 0.500. The molecule has 0 saturated heterocycles. The lowest BCUT2D eigenvalue weighted by atomic mass is 9.94. The maximum absolute atomic E-state index is 12.0. The lowest BCUT2D eigenvalue weighted by Crippen LogP contribution is -2.42. The molecule has 2 atom stereocenters. The van der Waals surface area contributed by atoms with Crippen molar-refractivity contribution in [1.82, 2.24) is 10.3 Å². The smallest absolute Gasteiger partial charge is 0.308 e. The molecule has 1 aliphatic rings. The van der Waals surface area contributed by atoms with Gasteiger partial charge in [0.05, 0.1) is 11.5 Å². The number of carbonyl (C=O) groups excluding carboxylic acids is 1. The van der Waals surface area contributed by atoms with E-state index in [1.54, 1.807) is 18.3 Å². The second-order valence-electron chi connectivity index (χ2n) is 4.90. The fourth-order valence-electron chi connectivity index (χ4n) is 2.52. The summed E-state index contributed by atoms with van der Waals surface area (Å²) in [6, 6.07) is 3.08. The van der Waals surface area contributed by atoms with Gasteiger partial charge in [0.2, 0.25) is 0 Å². The highest BCUT2D eigenvalue weighted by Gasteiger charge is 2.30. The van der Waals surface area contributed by atoms with E-state index in [0.717, 1.165) is 25.7 Å². The molecule has 0 bridgehead atoms. The molecule has 5 heteroatoms. The molecule has 1 saturated carbocycles. The van der Waals surface area contributed by atoms with Crippen LogP contribution in [0.5, 0.6) is 0 Å². The minimum atomic E-state index is -0.821. The SMILES string of the molecule is O=C(NC1CCCCCC1C(=O)O)c1cccnc1. The maximum atomic E-state index is 12.0. The van der Waals surface area contributed by atoms with E-state index in [1.807, 2.05) is 0 Å². The maximum Gasteiger partial charge on any atom is 0.308 e. The Morgan fingerprint density at radius 2 is 2.05 bits per heavy atom. The van der Waals surface area contributed by atoms with Crippen LogP contribution in [0.2, 0.25) is 0 Å². The molecular formula is C14H18N2O3. The molecule has 1 aromatic heterocycles. The molecule has 2 unspecified atom stereocenters. The lowest BCUT2D eigenvalue weighted by Gasteiger charge is -2.22. The zero-order chi connectivity index (χ0) is 13.7. The Bertz CT molecular complexity index is 447. The monoisotopic (exact) mass is 262 g/mol. The third kappa shape index (κ3) is 3.53. The normalized spacial score (nSPS) is 23.4. The summed E-state index contributed by atoms with van der Waals surface area (Å²) >= 11 is 0.